The molecule has 0 spiro atoms. The number of carbonyl (C=O) groups is 1. The zero-order valence-electron chi connectivity index (χ0n) is 17.8. The summed E-state index contributed by atoms with van der Waals surface area (Å²) in [5.41, 5.74) is 0. The Bertz CT molecular complexity index is 569. The molecule has 29 heavy (non-hydrogen) atoms. The average molecular weight is 519 g/mol. The zero-order valence-corrected chi connectivity index (χ0v) is 20.1. The number of carbonyl (C=O) groups excluding carboxylic acids is 1. The highest BCUT2D eigenvalue weighted by atomic mass is 127. The van der Waals surface area contributed by atoms with Crippen molar-refractivity contribution in [2.75, 3.05) is 45.9 Å². The first-order valence-corrected chi connectivity index (χ1v) is 11.4. The number of morpholine rings is 1. The summed E-state index contributed by atoms with van der Waals surface area (Å²) in [6, 6.07) is 0.923. The monoisotopic (exact) mass is 519 g/mol. The number of amides is 1. The number of ether oxygens (including phenoxy) is 1. The van der Waals surface area contributed by atoms with E-state index < -0.39 is 0 Å². The smallest absolute Gasteiger partial charge is 0.225 e. The molecular formula is C21H38IN5O2. The van der Waals surface area contributed by atoms with Crippen molar-refractivity contribution in [2.45, 2.75) is 70.1 Å². The van der Waals surface area contributed by atoms with Gasteiger partial charge in [-0.05, 0) is 45.6 Å². The van der Waals surface area contributed by atoms with Crippen LogP contribution in [0.25, 0.3) is 0 Å². The van der Waals surface area contributed by atoms with Gasteiger partial charge in [0.05, 0.1) is 19.3 Å². The molecule has 0 radical (unpaired) electrons. The zero-order chi connectivity index (χ0) is 19.3. The number of halogens is 1. The van der Waals surface area contributed by atoms with Gasteiger partial charge >= 0.3 is 0 Å². The SMILES string of the molecule is CCNC(=NCC1CN2CCCC2CO1)NC1CCN(C(=O)C2CCCC2)C1.I. The minimum Gasteiger partial charge on any atom is -0.373 e. The molecule has 4 fully saturated rings. The van der Waals surface area contributed by atoms with Gasteiger partial charge in [-0.1, -0.05) is 12.8 Å². The molecule has 1 aliphatic carbocycles. The van der Waals surface area contributed by atoms with Crippen LogP contribution < -0.4 is 10.6 Å². The van der Waals surface area contributed by atoms with Crippen LogP contribution in [0.3, 0.4) is 0 Å². The number of guanidine groups is 1. The molecule has 3 atom stereocenters. The van der Waals surface area contributed by atoms with E-state index in [0.717, 1.165) is 58.0 Å². The number of nitrogens with zero attached hydrogens (tertiary/aromatic N) is 3. The van der Waals surface area contributed by atoms with Gasteiger partial charge in [0.2, 0.25) is 5.91 Å². The number of rotatable bonds is 5. The van der Waals surface area contributed by atoms with E-state index in [1.54, 1.807) is 0 Å². The van der Waals surface area contributed by atoms with Gasteiger partial charge in [-0.25, -0.2) is 0 Å². The molecule has 3 unspecified atom stereocenters. The van der Waals surface area contributed by atoms with Crippen molar-refractivity contribution >= 4 is 35.8 Å². The van der Waals surface area contributed by atoms with E-state index >= 15 is 0 Å². The highest BCUT2D eigenvalue weighted by Gasteiger charge is 2.33. The third kappa shape index (κ3) is 5.97. The summed E-state index contributed by atoms with van der Waals surface area (Å²) in [7, 11) is 0. The summed E-state index contributed by atoms with van der Waals surface area (Å²) in [6.45, 7) is 8.35. The van der Waals surface area contributed by atoms with Crippen LogP contribution in [0.1, 0.15) is 51.9 Å². The van der Waals surface area contributed by atoms with Crippen LogP contribution in [0.2, 0.25) is 0 Å². The van der Waals surface area contributed by atoms with E-state index in [1.807, 2.05) is 0 Å². The van der Waals surface area contributed by atoms with Gasteiger partial charge in [0, 0.05) is 44.2 Å². The second-order valence-electron chi connectivity index (χ2n) is 8.86. The van der Waals surface area contributed by atoms with Crippen molar-refractivity contribution in [2.24, 2.45) is 10.9 Å². The molecule has 0 aromatic rings. The molecule has 4 rings (SSSR count). The van der Waals surface area contributed by atoms with E-state index in [4.69, 9.17) is 9.73 Å². The lowest BCUT2D eigenvalue weighted by atomic mass is 10.1. The van der Waals surface area contributed by atoms with Crippen LogP contribution in [0.4, 0.5) is 0 Å². The first kappa shape index (κ1) is 23.1. The fourth-order valence-electron chi connectivity index (χ4n) is 5.21. The van der Waals surface area contributed by atoms with Gasteiger partial charge in [0.25, 0.3) is 0 Å². The maximum atomic E-state index is 12.7. The van der Waals surface area contributed by atoms with Gasteiger partial charge in [-0.2, -0.15) is 0 Å². The minimum atomic E-state index is 0. The van der Waals surface area contributed by atoms with Gasteiger partial charge in [0.1, 0.15) is 0 Å². The fraction of sp³-hybridized carbons (Fsp3) is 0.905. The predicted octanol–water partition coefficient (Wildman–Crippen LogP) is 1.81. The normalized spacial score (nSPS) is 30.9. The Morgan fingerprint density at radius 1 is 1.10 bits per heavy atom. The summed E-state index contributed by atoms with van der Waals surface area (Å²) >= 11 is 0. The van der Waals surface area contributed by atoms with Crippen LogP contribution in [-0.2, 0) is 9.53 Å². The molecule has 4 aliphatic rings. The van der Waals surface area contributed by atoms with Crippen molar-refractivity contribution in [1.82, 2.24) is 20.4 Å². The molecule has 3 aliphatic heterocycles. The van der Waals surface area contributed by atoms with Crippen molar-refractivity contribution in [1.29, 1.82) is 0 Å². The Hall–Kier alpha value is -0.610. The Kier molecular flexibility index (Phi) is 8.85. The van der Waals surface area contributed by atoms with Crippen LogP contribution >= 0.6 is 24.0 Å². The molecule has 8 heteroatoms. The van der Waals surface area contributed by atoms with Gasteiger partial charge in [-0.3, -0.25) is 14.7 Å². The fourth-order valence-corrected chi connectivity index (χ4v) is 5.21. The average Bonchev–Trinajstić information content (AvgIpc) is 3.46. The number of nitrogens with one attached hydrogen (secondary N) is 2. The van der Waals surface area contributed by atoms with Gasteiger partial charge in [0.15, 0.2) is 5.96 Å². The third-order valence-corrected chi connectivity index (χ3v) is 6.80. The lowest BCUT2D eigenvalue weighted by Crippen LogP contribution is -2.48. The molecule has 2 N–H and O–H groups in total. The molecule has 0 aromatic heterocycles. The van der Waals surface area contributed by atoms with Crippen LogP contribution in [0, 0.1) is 5.92 Å². The topological polar surface area (TPSA) is 69.2 Å². The third-order valence-electron chi connectivity index (χ3n) is 6.80. The molecule has 1 amide bonds. The number of likely N-dealkylation sites (tertiary alicyclic amines) is 1. The highest BCUT2D eigenvalue weighted by Crippen LogP contribution is 2.28. The summed E-state index contributed by atoms with van der Waals surface area (Å²) in [5, 5.41) is 6.91. The number of aliphatic imine (C=N–C) groups is 1. The Morgan fingerprint density at radius 3 is 2.72 bits per heavy atom. The van der Waals surface area contributed by atoms with E-state index in [1.165, 1.54) is 32.2 Å². The molecule has 7 nitrogen and oxygen atoms in total. The second-order valence-corrected chi connectivity index (χ2v) is 8.86. The Morgan fingerprint density at radius 2 is 1.93 bits per heavy atom. The Labute approximate surface area is 192 Å². The minimum absolute atomic E-state index is 0. The van der Waals surface area contributed by atoms with E-state index in [2.05, 4.69) is 27.4 Å². The lowest BCUT2D eigenvalue weighted by molar-refractivity contribution is -0.134. The molecule has 0 aromatic carbocycles. The summed E-state index contributed by atoms with van der Waals surface area (Å²) in [4.78, 5) is 22.1. The van der Waals surface area contributed by atoms with Crippen molar-refractivity contribution in [3.63, 3.8) is 0 Å². The predicted molar refractivity (Wildman–Crippen MR) is 126 cm³/mol. The van der Waals surface area contributed by atoms with Crippen LogP contribution in [0.15, 0.2) is 4.99 Å². The molecule has 0 bridgehead atoms. The largest absolute Gasteiger partial charge is 0.373 e. The first-order chi connectivity index (χ1) is 13.7. The Balaban J connectivity index is 0.00000240. The number of hydrogen-bond donors (Lipinski definition) is 2. The number of hydrogen-bond acceptors (Lipinski definition) is 4. The van der Waals surface area contributed by atoms with E-state index in [9.17, 15) is 4.79 Å². The van der Waals surface area contributed by atoms with E-state index in [0.29, 0.717) is 24.5 Å². The molecule has 1 saturated carbocycles. The summed E-state index contributed by atoms with van der Waals surface area (Å²) in [6.07, 6.45) is 8.35. The maximum Gasteiger partial charge on any atom is 0.225 e. The molecule has 3 heterocycles. The van der Waals surface area contributed by atoms with Gasteiger partial charge < -0.3 is 20.3 Å². The van der Waals surface area contributed by atoms with Crippen LogP contribution in [0.5, 0.6) is 0 Å². The quantitative estimate of drug-likeness (QED) is 0.330. The maximum absolute atomic E-state index is 12.7. The van der Waals surface area contributed by atoms with Crippen molar-refractivity contribution < 1.29 is 9.53 Å². The molecule has 3 saturated heterocycles. The highest BCUT2D eigenvalue weighted by molar-refractivity contribution is 14.0. The number of fused-ring (bicyclic) bond motifs is 1. The molecule has 166 valence electrons. The van der Waals surface area contributed by atoms with Gasteiger partial charge in [-0.15, -0.1) is 24.0 Å². The second kappa shape index (κ2) is 11.1. The van der Waals surface area contributed by atoms with Crippen molar-refractivity contribution in [3.05, 3.63) is 0 Å². The standard InChI is InChI=1S/C21H37N5O2.HI/c1-2-22-21(23-12-19-14-25-10-5-8-18(25)15-28-19)24-17-9-11-26(13-17)20(27)16-6-3-4-7-16;/h16-19H,2-15H2,1H3,(H2,22,23,24);1H. The summed E-state index contributed by atoms with van der Waals surface area (Å²) in [5.74, 6) is 1.51. The van der Waals surface area contributed by atoms with E-state index in [-0.39, 0.29) is 36.0 Å². The first-order valence-electron chi connectivity index (χ1n) is 11.4. The van der Waals surface area contributed by atoms with Crippen LogP contribution in [-0.4, -0.2) is 85.7 Å². The van der Waals surface area contributed by atoms with Crippen molar-refractivity contribution in [3.8, 4) is 0 Å². The lowest BCUT2D eigenvalue weighted by Gasteiger charge is -2.34. The summed E-state index contributed by atoms with van der Waals surface area (Å²) < 4.78 is 6.04. The molecular weight excluding hydrogens is 481 g/mol.